The lowest BCUT2D eigenvalue weighted by Crippen LogP contribution is -2.46. The minimum absolute atomic E-state index is 0.0289. The van der Waals surface area contributed by atoms with Crippen molar-refractivity contribution in [2.75, 3.05) is 33.3 Å². The predicted octanol–water partition coefficient (Wildman–Crippen LogP) is 0.328. The molecule has 116 valence electrons. The number of nitrogens with zero attached hydrogens (tertiary/aromatic N) is 4. The van der Waals surface area contributed by atoms with Crippen molar-refractivity contribution in [3.8, 4) is 5.69 Å². The summed E-state index contributed by atoms with van der Waals surface area (Å²) in [7, 11) is 2.05. The molecular weight excluding hydrogens is 282 g/mol. The summed E-state index contributed by atoms with van der Waals surface area (Å²) in [4.78, 5) is 18.6. The number of hydrogen-bond donors (Lipinski definition) is 1. The van der Waals surface area contributed by atoms with Crippen molar-refractivity contribution in [1.82, 2.24) is 25.0 Å². The van der Waals surface area contributed by atoms with Gasteiger partial charge < -0.3 is 15.0 Å². The highest BCUT2D eigenvalue weighted by Gasteiger charge is 2.19. The summed E-state index contributed by atoms with van der Waals surface area (Å²) in [5, 5.41) is 7.02. The molecule has 0 radical (unpaired) electrons. The zero-order chi connectivity index (χ0) is 15.4. The molecule has 7 heteroatoms. The number of hydrogen-bond acceptors (Lipinski definition) is 5. The van der Waals surface area contributed by atoms with Crippen molar-refractivity contribution in [2.45, 2.75) is 6.10 Å². The fourth-order valence-corrected chi connectivity index (χ4v) is 2.49. The van der Waals surface area contributed by atoms with Crippen LogP contribution in [0.3, 0.4) is 0 Å². The van der Waals surface area contributed by atoms with Crippen LogP contribution in [0.15, 0.2) is 36.9 Å². The Kier molecular flexibility index (Phi) is 4.45. The summed E-state index contributed by atoms with van der Waals surface area (Å²) < 4.78 is 7.24. The van der Waals surface area contributed by atoms with E-state index in [9.17, 15) is 4.79 Å². The number of benzene rings is 1. The number of carbonyl (C=O) groups is 1. The molecule has 1 saturated heterocycles. The smallest absolute Gasteiger partial charge is 0.253 e. The molecule has 1 aliphatic rings. The molecule has 0 aliphatic carbocycles. The highest BCUT2D eigenvalue weighted by atomic mass is 16.5. The second kappa shape index (κ2) is 6.67. The second-order valence-electron chi connectivity index (χ2n) is 5.32. The fourth-order valence-electron chi connectivity index (χ4n) is 2.49. The zero-order valence-corrected chi connectivity index (χ0v) is 12.5. The minimum Gasteiger partial charge on any atom is -0.374 e. The molecule has 1 amide bonds. The SMILES string of the molecule is CN1CCO[C@H](CNC(=O)c2ccccc2-n2cncn2)C1. The van der Waals surface area contributed by atoms with Crippen LogP contribution >= 0.6 is 0 Å². The number of carbonyl (C=O) groups excluding carboxylic acids is 1. The molecule has 1 N–H and O–H groups in total. The van der Waals surface area contributed by atoms with Gasteiger partial charge in [-0.2, -0.15) is 5.10 Å². The van der Waals surface area contributed by atoms with E-state index in [-0.39, 0.29) is 12.0 Å². The zero-order valence-electron chi connectivity index (χ0n) is 12.5. The molecule has 3 rings (SSSR count). The number of amides is 1. The monoisotopic (exact) mass is 301 g/mol. The van der Waals surface area contributed by atoms with Crippen LogP contribution in [0.25, 0.3) is 5.69 Å². The van der Waals surface area contributed by atoms with Crippen LogP contribution in [0.1, 0.15) is 10.4 Å². The van der Waals surface area contributed by atoms with Crippen molar-refractivity contribution in [1.29, 1.82) is 0 Å². The average molecular weight is 301 g/mol. The summed E-state index contributed by atoms with van der Waals surface area (Å²) in [5.41, 5.74) is 1.27. The molecule has 0 unspecified atom stereocenters. The Morgan fingerprint density at radius 2 is 2.32 bits per heavy atom. The van der Waals surface area contributed by atoms with Crippen LogP contribution in [0.4, 0.5) is 0 Å². The molecule has 1 aromatic heterocycles. The van der Waals surface area contributed by atoms with Crippen molar-refractivity contribution >= 4 is 5.91 Å². The Bertz CT molecular complexity index is 629. The van der Waals surface area contributed by atoms with Crippen LogP contribution in [0.5, 0.6) is 0 Å². The van der Waals surface area contributed by atoms with Crippen LogP contribution < -0.4 is 5.32 Å². The molecule has 1 fully saturated rings. The maximum Gasteiger partial charge on any atom is 0.253 e. The van der Waals surface area contributed by atoms with Crippen molar-refractivity contribution in [3.63, 3.8) is 0 Å². The number of nitrogens with one attached hydrogen (secondary N) is 1. The van der Waals surface area contributed by atoms with E-state index in [4.69, 9.17) is 4.74 Å². The molecule has 2 heterocycles. The second-order valence-corrected chi connectivity index (χ2v) is 5.32. The van der Waals surface area contributed by atoms with Crippen LogP contribution in [-0.2, 0) is 4.74 Å². The van der Waals surface area contributed by atoms with Gasteiger partial charge in [-0.1, -0.05) is 12.1 Å². The first-order valence-electron chi connectivity index (χ1n) is 7.26. The van der Waals surface area contributed by atoms with Gasteiger partial charge in [0.15, 0.2) is 0 Å². The molecule has 0 saturated carbocycles. The van der Waals surface area contributed by atoms with E-state index in [1.54, 1.807) is 17.1 Å². The predicted molar refractivity (Wildman–Crippen MR) is 80.9 cm³/mol. The van der Waals surface area contributed by atoms with Crippen LogP contribution in [0, 0.1) is 0 Å². The molecule has 2 aromatic rings. The summed E-state index contributed by atoms with van der Waals surface area (Å²) in [6.07, 6.45) is 3.05. The van der Waals surface area contributed by atoms with Gasteiger partial charge in [0.2, 0.25) is 0 Å². The maximum absolute atomic E-state index is 12.4. The van der Waals surface area contributed by atoms with Crippen molar-refractivity contribution < 1.29 is 9.53 Å². The van der Waals surface area contributed by atoms with E-state index in [0.717, 1.165) is 13.1 Å². The van der Waals surface area contributed by atoms with Crippen molar-refractivity contribution in [3.05, 3.63) is 42.5 Å². The summed E-state index contributed by atoms with van der Waals surface area (Å²) in [6.45, 7) is 2.95. The molecule has 1 aromatic carbocycles. The van der Waals surface area contributed by atoms with Gasteiger partial charge in [0, 0.05) is 19.6 Å². The van der Waals surface area contributed by atoms with Crippen molar-refractivity contribution in [2.24, 2.45) is 0 Å². The van der Waals surface area contributed by atoms with Crippen LogP contribution in [0.2, 0.25) is 0 Å². The normalized spacial score (nSPS) is 19.0. The van der Waals surface area contributed by atoms with E-state index in [1.165, 1.54) is 6.33 Å². The van der Waals surface area contributed by atoms with Gasteiger partial charge in [-0.15, -0.1) is 0 Å². The Balaban J connectivity index is 1.68. The Hall–Kier alpha value is -2.25. The summed E-state index contributed by atoms with van der Waals surface area (Å²) in [5.74, 6) is -0.136. The van der Waals surface area contributed by atoms with Gasteiger partial charge >= 0.3 is 0 Å². The number of aromatic nitrogens is 3. The summed E-state index contributed by atoms with van der Waals surface area (Å²) >= 11 is 0. The first kappa shape index (κ1) is 14.7. The lowest BCUT2D eigenvalue weighted by atomic mass is 10.1. The number of rotatable bonds is 4. The Morgan fingerprint density at radius 3 is 3.09 bits per heavy atom. The topological polar surface area (TPSA) is 72.3 Å². The van der Waals surface area contributed by atoms with Gasteiger partial charge in [0.05, 0.1) is 24.0 Å². The third kappa shape index (κ3) is 3.32. The quantitative estimate of drug-likeness (QED) is 0.881. The molecule has 1 aliphatic heterocycles. The number of morpholine rings is 1. The number of ether oxygens (including phenoxy) is 1. The standard InChI is InChI=1S/C15H19N5O2/c1-19-6-7-22-12(9-19)8-17-15(21)13-4-2-3-5-14(13)20-11-16-10-18-20/h2-5,10-12H,6-9H2,1H3,(H,17,21)/t12-/m1/s1. The third-order valence-electron chi connectivity index (χ3n) is 3.65. The van der Waals surface area contributed by atoms with Gasteiger partial charge in [0.1, 0.15) is 12.7 Å². The molecule has 22 heavy (non-hydrogen) atoms. The van der Waals surface area contributed by atoms with Gasteiger partial charge in [0.25, 0.3) is 5.91 Å². The molecule has 1 atom stereocenters. The van der Waals surface area contributed by atoms with Gasteiger partial charge in [-0.25, -0.2) is 9.67 Å². The molecule has 0 bridgehead atoms. The fraction of sp³-hybridized carbons (Fsp3) is 0.400. The molecular formula is C15H19N5O2. The van der Waals surface area contributed by atoms with E-state index >= 15 is 0 Å². The van der Waals surface area contributed by atoms with E-state index < -0.39 is 0 Å². The first-order chi connectivity index (χ1) is 10.7. The maximum atomic E-state index is 12.4. The third-order valence-corrected chi connectivity index (χ3v) is 3.65. The summed E-state index contributed by atoms with van der Waals surface area (Å²) in [6, 6.07) is 7.32. The van der Waals surface area contributed by atoms with E-state index in [0.29, 0.717) is 24.4 Å². The Labute approximate surface area is 128 Å². The van der Waals surface area contributed by atoms with Crippen LogP contribution in [-0.4, -0.2) is 65.0 Å². The minimum atomic E-state index is -0.136. The largest absolute Gasteiger partial charge is 0.374 e. The number of likely N-dealkylation sites (N-methyl/N-ethyl adjacent to an activating group) is 1. The highest BCUT2D eigenvalue weighted by molar-refractivity contribution is 5.97. The lowest BCUT2D eigenvalue weighted by molar-refractivity contribution is -0.0175. The number of para-hydroxylation sites is 1. The Morgan fingerprint density at radius 1 is 1.45 bits per heavy atom. The molecule has 7 nitrogen and oxygen atoms in total. The average Bonchev–Trinajstić information content (AvgIpc) is 3.07. The molecule has 0 spiro atoms. The highest BCUT2D eigenvalue weighted by Crippen LogP contribution is 2.13. The van der Waals surface area contributed by atoms with E-state index in [2.05, 4.69) is 27.3 Å². The van der Waals surface area contributed by atoms with Gasteiger partial charge in [-0.3, -0.25) is 4.79 Å². The van der Waals surface area contributed by atoms with E-state index in [1.807, 2.05) is 18.2 Å². The van der Waals surface area contributed by atoms with Gasteiger partial charge in [-0.05, 0) is 19.2 Å². The first-order valence-corrected chi connectivity index (χ1v) is 7.26. The lowest BCUT2D eigenvalue weighted by Gasteiger charge is -2.30.